The van der Waals surface area contributed by atoms with Gasteiger partial charge in [-0.3, -0.25) is 0 Å². The molecule has 0 saturated carbocycles. The van der Waals surface area contributed by atoms with Gasteiger partial charge in [-0.1, -0.05) is 12.1 Å². The summed E-state index contributed by atoms with van der Waals surface area (Å²) in [6.07, 6.45) is 0. The van der Waals surface area contributed by atoms with Gasteiger partial charge < -0.3 is 14.6 Å². The first kappa shape index (κ1) is 7.18. The third-order valence-electron chi connectivity index (χ3n) is 1.73. The van der Waals surface area contributed by atoms with Crippen LogP contribution in [0.15, 0.2) is 28.7 Å². The van der Waals surface area contributed by atoms with Gasteiger partial charge >= 0.3 is 0 Å². The molecule has 2 rings (SSSR count). The Bertz CT molecular complexity index is 403. The molecule has 1 heterocycles. The highest BCUT2D eigenvalue weighted by atomic mass is 16.4. The fourth-order valence-electron chi connectivity index (χ4n) is 1.18. The lowest BCUT2D eigenvalue weighted by Gasteiger charge is -1.90. The summed E-state index contributed by atoms with van der Waals surface area (Å²) in [6, 6.07) is 6.80. The summed E-state index contributed by atoms with van der Waals surface area (Å²) < 4.78 is 5.15. The number of aromatic hydroxyl groups is 1. The smallest absolute Gasteiger partial charge is 0.175 e. The van der Waals surface area contributed by atoms with Crippen molar-refractivity contribution in [2.45, 2.75) is 6.61 Å². The van der Waals surface area contributed by atoms with Crippen molar-refractivity contribution in [2.75, 3.05) is 0 Å². The van der Waals surface area contributed by atoms with Crippen LogP contribution in [0.25, 0.3) is 11.0 Å². The van der Waals surface area contributed by atoms with E-state index in [4.69, 9.17) is 9.52 Å². The number of hydrogen-bond acceptors (Lipinski definition) is 3. The second kappa shape index (κ2) is 2.53. The minimum Gasteiger partial charge on any atom is -0.504 e. The summed E-state index contributed by atoms with van der Waals surface area (Å²) in [5, 5.41) is 18.9. The lowest BCUT2D eigenvalue weighted by Crippen LogP contribution is -1.72. The fraction of sp³-hybridized carbons (Fsp3) is 0.111. The van der Waals surface area contributed by atoms with Crippen LogP contribution in [0, 0.1) is 0 Å². The van der Waals surface area contributed by atoms with Crippen molar-refractivity contribution in [1.82, 2.24) is 0 Å². The van der Waals surface area contributed by atoms with Gasteiger partial charge in [0.15, 0.2) is 11.3 Å². The molecule has 0 amide bonds. The molecule has 0 saturated heterocycles. The molecule has 62 valence electrons. The molecule has 0 radical (unpaired) electrons. The number of benzene rings is 1. The minimum absolute atomic E-state index is 0.104. The molecule has 3 nitrogen and oxygen atoms in total. The number of para-hydroxylation sites is 1. The first-order valence-electron chi connectivity index (χ1n) is 3.62. The molecule has 1 aromatic carbocycles. The SMILES string of the molecule is OCc1cc2cccc(O)c2o1. The molecule has 0 atom stereocenters. The highest BCUT2D eigenvalue weighted by molar-refractivity contribution is 5.83. The number of aliphatic hydroxyl groups excluding tert-OH is 1. The van der Waals surface area contributed by atoms with Crippen LogP contribution < -0.4 is 0 Å². The predicted molar refractivity (Wildman–Crippen MR) is 43.8 cm³/mol. The van der Waals surface area contributed by atoms with Crippen molar-refractivity contribution < 1.29 is 14.6 Å². The largest absolute Gasteiger partial charge is 0.504 e. The maximum absolute atomic E-state index is 9.30. The van der Waals surface area contributed by atoms with Gasteiger partial charge in [-0.05, 0) is 12.1 Å². The van der Waals surface area contributed by atoms with Crippen molar-refractivity contribution in [2.24, 2.45) is 0 Å². The molecule has 0 aliphatic heterocycles. The van der Waals surface area contributed by atoms with Crippen molar-refractivity contribution >= 4 is 11.0 Å². The predicted octanol–water partition coefficient (Wildman–Crippen LogP) is 1.63. The van der Waals surface area contributed by atoms with Crippen LogP contribution in [0.1, 0.15) is 5.76 Å². The quantitative estimate of drug-likeness (QED) is 0.673. The normalized spacial score (nSPS) is 10.8. The molecule has 0 spiro atoms. The Balaban J connectivity index is 2.74. The van der Waals surface area contributed by atoms with E-state index >= 15 is 0 Å². The summed E-state index contributed by atoms with van der Waals surface area (Å²) in [4.78, 5) is 0. The van der Waals surface area contributed by atoms with Crippen molar-refractivity contribution in [3.05, 3.63) is 30.0 Å². The van der Waals surface area contributed by atoms with Gasteiger partial charge in [0.25, 0.3) is 0 Å². The van der Waals surface area contributed by atoms with E-state index in [1.807, 2.05) is 6.07 Å². The van der Waals surface area contributed by atoms with E-state index in [-0.39, 0.29) is 12.4 Å². The number of rotatable bonds is 1. The van der Waals surface area contributed by atoms with E-state index in [0.29, 0.717) is 11.3 Å². The average Bonchev–Trinajstić information content (AvgIpc) is 2.49. The first-order chi connectivity index (χ1) is 5.81. The number of aliphatic hydroxyl groups is 1. The van der Waals surface area contributed by atoms with Crippen molar-refractivity contribution in [1.29, 1.82) is 0 Å². The molecule has 0 fully saturated rings. The van der Waals surface area contributed by atoms with Crippen molar-refractivity contribution in [3.63, 3.8) is 0 Å². The maximum atomic E-state index is 9.30. The summed E-state index contributed by atoms with van der Waals surface area (Å²) >= 11 is 0. The van der Waals surface area contributed by atoms with Crippen LogP contribution >= 0.6 is 0 Å². The van der Waals surface area contributed by atoms with E-state index in [1.54, 1.807) is 18.2 Å². The molecule has 0 unspecified atom stereocenters. The number of furan rings is 1. The lowest BCUT2D eigenvalue weighted by molar-refractivity contribution is 0.250. The van der Waals surface area contributed by atoms with Crippen LogP contribution in [-0.4, -0.2) is 10.2 Å². The van der Waals surface area contributed by atoms with Gasteiger partial charge in [0.1, 0.15) is 12.4 Å². The molecular formula is C9H8O3. The summed E-state index contributed by atoms with van der Waals surface area (Å²) in [5.41, 5.74) is 0.432. The summed E-state index contributed by atoms with van der Waals surface area (Å²) in [5.74, 6) is 0.568. The molecule has 0 aliphatic carbocycles. The number of phenolic OH excluding ortho intramolecular Hbond substituents is 1. The second-order valence-electron chi connectivity index (χ2n) is 2.57. The minimum atomic E-state index is -0.145. The maximum Gasteiger partial charge on any atom is 0.175 e. The Morgan fingerprint density at radius 3 is 2.83 bits per heavy atom. The number of fused-ring (bicyclic) bond motifs is 1. The Hall–Kier alpha value is -1.48. The molecular weight excluding hydrogens is 156 g/mol. The Kier molecular flexibility index (Phi) is 1.52. The highest BCUT2D eigenvalue weighted by Gasteiger charge is 2.05. The van der Waals surface area contributed by atoms with Gasteiger partial charge in [0.05, 0.1) is 0 Å². The second-order valence-corrected chi connectivity index (χ2v) is 2.57. The monoisotopic (exact) mass is 164 g/mol. The Morgan fingerprint density at radius 1 is 1.33 bits per heavy atom. The zero-order chi connectivity index (χ0) is 8.55. The zero-order valence-corrected chi connectivity index (χ0v) is 6.32. The van der Waals surface area contributed by atoms with Crippen LogP contribution in [0.4, 0.5) is 0 Å². The van der Waals surface area contributed by atoms with Crippen LogP contribution in [0.5, 0.6) is 5.75 Å². The van der Waals surface area contributed by atoms with Gasteiger partial charge in [-0.15, -0.1) is 0 Å². The average molecular weight is 164 g/mol. The van der Waals surface area contributed by atoms with Crippen LogP contribution in [0.2, 0.25) is 0 Å². The van der Waals surface area contributed by atoms with Crippen LogP contribution in [0.3, 0.4) is 0 Å². The summed E-state index contributed by atoms with van der Waals surface area (Å²) in [7, 11) is 0. The van der Waals surface area contributed by atoms with E-state index in [1.165, 1.54) is 0 Å². The topological polar surface area (TPSA) is 53.6 Å². The van der Waals surface area contributed by atoms with Crippen LogP contribution in [-0.2, 0) is 6.61 Å². The molecule has 1 aromatic heterocycles. The molecule has 0 bridgehead atoms. The molecule has 0 aliphatic rings. The number of hydrogen-bond donors (Lipinski definition) is 2. The van der Waals surface area contributed by atoms with Gasteiger partial charge in [0.2, 0.25) is 0 Å². The number of phenols is 1. The highest BCUT2D eigenvalue weighted by Crippen LogP contribution is 2.27. The van der Waals surface area contributed by atoms with Gasteiger partial charge in [-0.2, -0.15) is 0 Å². The third-order valence-corrected chi connectivity index (χ3v) is 1.73. The third kappa shape index (κ3) is 0.950. The van der Waals surface area contributed by atoms with E-state index < -0.39 is 0 Å². The van der Waals surface area contributed by atoms with E-state index in [9.17, 15) is 5.11 Å². The van der Waals surface area contributed by atoms with Gasteiger partial charge in [0, 0.05) is 5.39 Å². The zero-order valence-electron chi connectivity index (χ0n) is 6.32. The van der Waals surface area contributed by atoms with E-state index in [0.717, 1.165) is 5.39 Å². The molecule has 12 heavy (non-hydrogen) atoms. The molecule has 2 aromatic rings. The van der Waals surface area contributed by atoms with Gasteiger partial charge in [-0.25, -0.2) is 0 Å². The standard InChI is InChI=1S/C9H8O3/c10-5-7-4-6-2-1-3-8(11)9(6)12-7/h1-4,10-11H,5H2. The summed E-state index contributed by atoms with van der Waals surface area (Å²) in [6.45, 7) is -0.145. The van der Waals surface area contributed by atoms with Crippen molar-refractivity contribution in [3.8, 4) is 5.75 Å². The molecule has 2 N–H and O–H groups in total. The Morgan fingerprint density at radius 2 is 2.17 bits per heavy atom. The lowest BCUT2D eigenvalue weighted by atomic mass is 10.2. The first-order valence-corrected chi connectivity index (χ1v) is 3.62. The molecule has 3 heteroatoms. The van der Waals surface area contributed by atoms with E-state index in [2.05, 4.69) is 0 Å². The Labute approximate surface area is 68.9 Å². The fourth-order valence-corrected chi connectivity index (χ4v) is 1.18.